The van der Waals surface area contributed by atoms with Gasteiger partial charge in [-0.25, -0.2) is 9.98 Å². The van der Waals surface area contributed by atoms with Crippen LogP contribution in [-0.4, -0.2) is 11.2 Å². The van der Waals surface area contributed by atoms with Crippen molar-refractivity contribution in [2.24, 2.45) is 4.99 Å². The summed E-state index contributed by atoms with van der Waals surface area (Å²) in [5, 5.41) is 3.51. The number of aromatic nitrogens is 1. The van der Waals surface area contributed by atoms with Crippen molar-refractivity contribution in [1.82, 2.24) is 4.98 Å². The molecule has 0 saturated carbocycles. The first-order valence-corrected chi connectivity index (χ1v) is 7.26. The molecule has 3 heteroatoms. The van der Waals surface area contributed by atoms with E-state index in [1.165, 1.54) is 30.5 Å². The maximum Gasteiger partial charge on any atom is 0.175 e. The normalized spacial score (nSPS) is 12.2. The molecule has 1 aromatic carbocycles. The number of nitrogens with one attached hydrogen (secondary N) is 1. The first-order valence-electron chi connectivity index (χ1n) is 7.26. The van der Waals surface area contributed by atoms with E-state index < -0.39 is 0 Å². The Kier molecular flexibility index (Phi) is 3.77. The average molecular weight is 265 g/mol. The van der Waals surface area contributed by atoms with Crippen molar-refractivity contribution in [3.63, 3.8) is 0 Å². The molecule has 3 nitrogen and oxygen atoms in total. The van der Waals surface area contributed by atoms with Gasteiger partial charge in [-0.15, -0.1) is 0 Å². The Morgan fingerprint density at radius 1 is 1.10 bits per heavy atom. The number of anilines is 2. The fourth-order valence-electron chi connectivity index (χ4n) is 2.52. The molecule has 102 valence electrons. The minimum Gasteiger partial charge on any atom is -0.352 e. The monoisotopic (exact) mass is 265 g/mol. The zero-order valence-electron chi connectivity index (χ0n) is 11.8. The summed E-state index contributed by atoms with van der Waals surface area (Å²) in [6, 6.07) is 10.4. The molecule has 2 heterocycles. The van der Waals surface area contributed by atoms with Crippen LogP contribution in [0.5, 0.6) is 0 Å². The van der Waals surface area contributed by atoms with Crippen LogP contribution in [-0.2, 0) is 6.42 Å². The Morgan fingerprint density at radius 2 is 2.05 bits per heavy atom. The van der Waals surface area contributed by atoms with E-state index in [9.17, 15) is 0 Å². The van der Waals surface area contributed by atoms with Crippen molar-refractivity contribution >= 4 is 23.4 Å². The molecule has 0 atom stereocenters. The summed E-state index contributed by atoms with van der Waals surface area (Å²) in [7, 11) is 0. The smallest absolute Gasteiger partial charge is 0.175 e. The third-order valence-electron chi connectivity index (χ3n) is 3.60. The number of pyridine rings is 1. The van der Waals surface area contributed by atoms with Gasteiger partial charge in [0.05, 0.1) is 11.4 Å². The number of hydrogen-bond acceptors (Lipinski definition) is 3. The molecule has 0 aliphatic carbocycles. The van der Waals surface area contributed by atoms with Crippen LogP contribution in [0.3, 0.4) is 0 Å². The summed E-state index contributed by atoms with van der Waals surface area (Å²) in [6.45, 7) is 2.23. The summed E-state index contributed by atoms with van der Waals surface area (Å²) in [5.41, 5.74) is 4.65. The van der Waals surface area contributed by atoms with Gasteiger partial charge in [0, 0.05) is 18.0 Å². The molecule has 0 spiro atoms. The van der Waals surface area contributed by atoms with Gasteiger partial charge >= 0.3 is 0 Å². The quantitative estimate of drug-likeness (QED) is 0.699. The SMILES string of the molecule is CCCCCc1cccc2c1Nc1cccnc1N=C2. The highest BCUT2D eigenvalue weighted by Crippen LogP contribution is 2.32. The number of aryl methyl sites for hydroxylation is 1. The number of benzene rings is 1. The molecular formula is C17H19N3. The number of rotatable bonds is 4. The molecule has 0 radical (unpaired) electrons. The second-order valence-corrected chi connectivity index (χ2v) is 5.10. The van der Waals surface area contributed by atoms with Crippen LogP contribution in [0.4, 0.5) is 17.2 Å². The summed E-state index contributed by atoms with van der Waals surface area (Å²) in [5.74, 6) is 0.753. The second-order valence-electron chi connectivity index (χ2n) is 5.10. The van der Waals surface area contributed by atoms with E-state index >= 15 is 0 Å². The van der Waals surface area contributed by atoms with Gasteiger partial charge in [-0.3, -0.25) is 0 Å². The third-order valence-corrected chi connectivity index (χ3v) is 3.60. The molecule has 1 aliphatic heterocycles. The van der Waals surface area contributed by atoms with Crippen molar-refractivity contribution in [2.45, 2.75) is 32.6 Å². The first-order chi connectivity index (χ1) is 9.88. The number of fused-ring (bicyclic) bond motifs is 2. The Labute approximate surface area is 119 Å². The Balaban J connectivity index is 1.95. The summed E-state index contributed by atoms with van der Waals surface area (Å²) in [4.78, 5) is 8.77. The van der Waals surface area contributed by atoms with Crippen LogP contribution in [0.15, 0.2) is 41.5 Å². The van der Waals surface area contributed by atoms with E-state index in [1.54, 1.807) is 6.20 Å². The lowest BCUT2D eigenvalue weighted by Crippen LogP contribution is -1.99. The molecule has 1 aliphatic rings. The van der Waals surface area contributed by atoms with Crippen LogP contribution in [0.2, 0.25) is 0 Å². The molecule has 0 unspecified atom stereocenters. The van der Waals surface area contributed by atoms with Gasteiger partial charge in [0.25, 0.3) is 0 Å². The van der Waals surface area contributed by atoms with Crippen molar-refractivity contribution in [2.75, 3.05) is 5.32 Å². The topological polar surface area (TPSA) is 37.3 Å². The van der Waals surface area contributed by atoms with Crippen LogP contribution >= 0.6 is 0 Å². The van der Waals surface area contributed by atoms with Crippen LogP contribution < -0.4 is 5.32 Å². The van der Waals surface area contributed by atoms with Crippen LogP contribution in [0.25, 0.3) is 0 Å². The largest absolute Gasteiger partial charge is 0.352 e. The zero-order chi connectivity index (χ0) is 13.8. The van der Waals surface area contributed by atoms with E-state index in [0.29, 0.717) is 0 Å². The number of unbranched alkanes of at least 4 members (excludes halogenated alkanes) is 2. The summed E-state index contributed by atoms with van der Waals surface area (Å²) in [6.07, 6.45) is 8.53. The van der Waals surface area contributed by atoms with Gasteiger partial charge in [0.2, 0.25) is 0 Å². The third kappa shape index (κ3) is 2.57. The highest BCUT2D eigenvalue weighted by Gasteiger charge is 2.13. The average Bonchev–Trinajstić information content (AvgIpc) is 2.67. The van der Waals surface area contributed by atoms with E-state index in [0.717, 1.165) is 23.5 Å². The molecule has 2 aromatic rings. The van der Waals surface area contributed by atoms with Gasteiger partial charge in [-0.1, -0.05) is 38.0 Å². The predicted molar refractivity (Wildman–Crippen MR) is 84.4 cm³/mol. The van der Waals surface area contributed by atoms with Gasteiger partial charge in [0.15, 0.2) is 5.82 Å². The maximum absolute atomic E-state index is 4.47. The Hall–Kier alpha value is -2.16. The van der Waals surface area contributed by atoms with Crippen LogP contribution in [0.1, 0.15) is 37.3 Å². The van der Waals surface area contributed by atoms with Gasteiger partial charge in [-0.2, -0.15) is 0 Å². The van der Waals surface area contributed by atoms with Crippen molar-refractivity contribution < 1.29 is 0 Å². The molecule has 0 bridgehead atoms. The molecule has 0 fully saturated rings. The number of hydrogen-bond donors (Lipinski definition) is 1. The highest BCUT2D eigenvalue weighted by molar-refractivity contribution is 5.95. The lowest BCUT2D eigenvalue weighted by Gasteiger charge is -2.13. The second kappa shape index (κ2) is 5.87. The van der Waals surface area contributed by atoms with E-state index in [2.05, 4.69) is 40.4 Å². The zero-order valence-corrected chi connectivity index (χ0v) is 11.8. The molecular weight excluding hydrogens is 246 g/mol. The molecule has 20 heavy (non-hydrogen) atoms. The maximum atomic E-state index is 4.47. The molecule has 0 amide bonds. The fourth-order valence-corrected chi connectivity index (χ4v) is 2.52. The molecule has 0 saturated heterocycles. The highest BCUT2D eigenvalue weighted by atomic mass is 15.0. The minimum atomic E-state index is 0.753. The Morgan fingerprint density at radius 3 is 2.95 bits per heavy atom. The van der Waals surface area contributed by atoms with Crippen LogP contribution in [0, 0.1) is 0 Å². The van der Waals surface area contributed by atoms with Gasteiger partial charge in [0.1, 0.15) is 0 Å². The fraction of sp³-hybridized carbons (Fsp3) is 0.294. The lowest BCUT2D eigenvalue weighted by molar-refractivity contribution is 0.718. The summed E-state index contributed by atoms with van der Waals surface area (Å²) < 4.78 is 0. The molecule has 1 N–H and O–H groups in total. The van der Waals surface area contributed by atoms with Crippen molar-refractivity contribution in [1.29, 1.82) is 0 Å². The van der Waals surface area contributed by atoms with Crippen molar-refractivity contribution in [3.05, 3.63) is 47.7 Å². The number of para-hydroxylation sites is 1. The predicted octanol–water partition coefficient (Wildman–Crippen LogP) is 4.62. The first kappa shape index (κ1) is 12.9. The molecule has 3 rings (SSSR count). The van der Waals surface area contributed by atoms with Gasteiger partial charge in [-0.05, 0) is 30.5 Å². The lowest BCUT2D eigenvalue weighted by atomic mass is 10.0. The van der Waals surface area contributed by atoms with Crippen molar-refractivity contribution in [3.8, 4) is 0 Å². The number of aliphatic imine (C=N–C) groups is 1. The van der Waals surface area contributed by atoms with E-state index in [1.807, 2.05) is 18.3 Å². The van der Waals surface area contributed by atoms with E-state index in [4.69, 9.17) is 0 Å². The minimum absolute atomic E-state index is 0.753. The summed E-state index contributed by atoms with van der Waals surface area (Å²) >= 11 is 0. The Bertz CT molecular complexity index is 632. The molecule has 1 aromatic heterocycles. The van der Waals surface area contributed by atoms with E-state index in [-0.39, 0.29) is 0 Å². The standard InChI is InChI=1S/C17H19N3/c1-2-3-4-7-13-8-5-9-14-12-19-17-15(20-16(13)14)10-6-11-18-17/h5-6,8-12,20H,2-4,7H2,1H3. The van der Waals surface area contributed by atoms with Gasteiger partial charge < -0.3 is 5.32 Å². The number of nitrogens with zero attached hydrogens (tertiary/aromatic N) is 2.